The molecule has 8 nitrogen and oxygen atoms in total. The van der Waals surface area contributed by atoms with E-state index in [0.717, 1.165) is 19.3 Å². The van der Waals surface area contributed by atoms with Gasteiger partial charge in [-0.2, -0.15) is 0 Å². The molecule has 2 aliphatic rings. The Balaban J connectivity index is 1.69. The highest BCUT2D eigenvalue weighted by Crippen LogP contribution is 2.41. The van der Waals surface area contributed by atoms with Gasteiger partial charge in [0.05, 0.1) is 18.9 Å². The summed E-state index contributed by atoms with van der Waals surface area (Å²) in [5.41, 5.74) is 0.154. The second-order valence-electron chi connectivity index (χ2n) is 6.30. The summed E-state index contributed by atoms with van der Waals surface area (Å²) in [7, 11) is -3.30. The molecule has 0 saturated carbocycles. The summed E-state index contributed by atoms with van der Waals surface area (Å²) >= 11 is 0. The van der Waals surface area contributed by atoms with E-state index in [9.17, 15) is 13.2 Å². The van der Waals surface area contributed by atoms with E-state index in [1.54, 1.807) is 4.90 Å². The lowest BCUT2D eigenvalue weighted by Gasteiger charge is -2.48. The summed E-state index contributed by atoms with van der Waals surface area (Å²) in [6.45, 7) is 2.16. The fraction of sp³-hybridized carbons (Fsp3) is 0.714. The van der Waals surface area contributed by atoms with E-state index in [2.05, 4.69) is 9.71 Å². The molecule has 0 aromatic carbocycles. The average molecular weight is 343 g/mol. The van der Waals surface area contributed by atoms with Crippen molar-refractivity contribution in [3.05, 3.63) is 18.4 Å². The van der Waals surface area contributed by atoms with Crippen LogP contribution in [0.5, 0.6) is 0 Å². The van der Waals surface area contributed by atoms with Gasteiger partial charge in [0, 0.05) is 19.7 Å². The molecule has 2 fully saturated rings. The van der Waals surface area contributed by atoms with Crippen molar-refractivity contribution in [1.82, 2.24) is 14.6 Å². The van der Waals surface area contributed by atoms with Crippen molar-refractivity contribution in [2.45, 2.75) is 25.3 Å². The second kappa shape index (κ2) is 6.21. The first-order valence-corrected chi connectivity index (χ1v) is 9.51. The van der Waals surface area contributed by atoms with Crippen LogP contribution in [-0.2, 0) is 14.8 Å². The van der Waals surface area contributed by atoms with Crippen LogP contribution in [0, 0.1) is 5.41 Å². The molecule has 2 aliphatic heterocycles. The Kier molecular flexibility index (Phi) is 4.43. The van der Waals surface area contributed by atoms with Crippen molar-refractivity contribution >= 4 is 15.9 Å². The summed E-state index contributed by atoms with van der Waals surface area (Å²) in [5.74, 6) is -0.145. The van der Waals surface area contributed by atoms with Crippen LogP contribution < -0.4 is 4.72 Å². The number of hydrogen-bond donors (Lipinski definition) is 1. The van der Waals surface area contributed by atoms with Gasteiger partial charge in [-0.3, -0.25) is 4.79 Å². The van der Waals surface area contributed by atoms with Crippen molar-refractivity contribution < 1.29 is 22.4 Å². The average Bonchev–Trinajstić information content (AvgIpc) is 3.03. The Morgan fingerprint density at radius 1 is 1.39 bits per heavy atom. The first-order valence-electron chi connectivity index (χ1n) is 7.62. The molecule has 1 spiro atoms. The van der Waals surface area contributed by atoms with Crippen LogP contribution in [0.2, 0.25) is 0 Å². The molecule has 3 rings (SSSR count). The van der Waals surface area contributed by atoms with E-state index in [1.807, 2.05) is 0 Å². The number of aromatic nitrogens is 1. The summed E-state index contributed by atoms with van der Waals surface area (Å²) in [6, 6.07) is -0.240. The molecule has 1 amide bonds. The first kappa shape index (κ1) is 16.4. The molecule has 3 heterocycles. The first-order chi connectivity index (χ1) is 10.9. The number of carbonyl (C=O) groups excluding carboxylic acids is 1. The van der Waals surface area contributed by atoms with Crippen molar-refractivity contribution in [3.63, 3.8) is 0 Å². The van der Waals surface area contributed by atoms with Crippen LogP contribution in [0.15, 0.2) is 17.1 Å². The van der Waals surface area contributed by atoms with Crippen molar-refractivity contribution in [1.29, 1.82) is 0 Å². The number of carbonyl (C=O) groups is 1. The third kappa shape index (κ3) is 3.56. The van der Waals surface area contributed by atoms with Gasteiger partial charge >= 0.3 is 0 Å². The summed E-state index contributed by atoms with van der Waals surface area (Å²) in [4.78, 5) is 17.9. The minimum absolute atomic E-state index is 0.145. The summed E-state index contributed by atoms with van der Waals surface area (Å²) < 4.78 is 36.2. The molecule has 1 atom stereocenters. The lowest BCUT2D eigenvalue weighted by Crippen LogP contribution is -2.57. The van der Waals surface area contributed by atoms with E-state index >= 15 is 0 Å². The molecule has 0 bridgehead atoms. The fourth-order valence-corrected chi connectivity index (χ4v) is 4.31. The smallest absolute Gasteiger partial charge is 0.275 e. The number of ether oxygens (including phenoxy) is 1. The third-order valence-electron chi connectivity index (χ3n) is 4.82. The van der Waals surface area contributed by atoms with Crippen molar-refractivity contribution in [2.24, 2.45) is 5.41 Å². The zero-order valence-corrected chi connectivity index (χ0v) is 13.8. The molecule has 0 radical (unpaired) electrons. The normalized spacial score (nSPS) is 24.7. The molecular formula is C14H21N3O5S. The van der Waals surface area contributed by atoms with Gasteiger partial charge in [0.15, 0.2) is 12.1 Å². The van der Waals surface area contributed by atoms with Gasteiger partial charge in [-0.15, -0.1) is 0 Å². The maximum absolute atomic E-state index is 12.3. The highest BCUT2D eigenvalue weighted by atomic mass is 32.2. The fourth-order valence-electron chi connectivity index (χ4n) is 3.48. The Bertz CT molecular complexity index is 650. The zero-order valence-electron chi connectivity index (χ0n) is 13.0. The quantitative estimate of drug-likeness (QED) is 0.843. The number of rotatable bonds is 3. The van der Waals surface area contributed by atoms with E-state index in [4.69, 9.17) is 9.15 Å². The maximum Gasteiger partial charge on any atom is 0.275 e. The molecule has 0 unspecified atom stereocenters. The topological polar surface area (TPSA) is 102 Å². The Morgan fingerprint density at radius 3 is 2.74 bits per heavy atom. The molecule has 1 aromatic rings. The molecule has 2 saturated heterocycles. The Hall–Kier alpha value is -1.45. The number of oxazole rings is 1. The third-order valence-corrected chi connectivity index (χ3v) is 5.53. The van der Waals surface area contributed by atoms with Crippen molar-refractivity contribution in [2.75, 3.05) is 32.6 Å². The maximum atomic E-state index is 12.3. The van der Waals surface area contributed by atoms with Gasteiger partial charge in [0.2, 0.25) is 10.0 Å². The molecule has 1 N–H and O–H groups in total. The number of amides is 1. The number of piperidine rings is 1. The van der Waals surface area contributed by atoms with Crippen LogP contribution >= 0.6 is 0 Å². The van der Waals surface area contributed by atoms with Gasteiger partial charge in [-0.25, -0.2) is 18.1 Å². The van der Waals surface area contributed by atoms with Gasteiger partial charge in [0.25, 0.3) is 5.91 Å². The Morgan fingerprint density at radius 2 is 2.13 bits per heavy atom. The van der Waals surface area contributed by atoms with Gasteiger partial charge in [-0.1, -0.05) is 0 Å². The van der Waals surface area contributed by atoms with Crippen LogP contribution in [-0.4, -0.2) is 62.8 Å². The second-order valence-corrected chi connectivity index (χ2v) is 8.08. The van der Waals surface area contributed by atoms with E-state index in [0.29, 0.717) is 32.0 Å². The van der Waals surface area contributed by atoms with Gasteiger partial charge in [0.1, 0.15) is 6.26 Å². The van der Waals surface area contributed by atoms with Crippen LogP contribution in [0.4, 0.5) is 0 Å². The molecule has 23 heavy (non-hydrogen) atoms. The summed E-state index contributed by atoms with van der Waals surface area (Å²) in [5, 5.41) is 0. The van der Waals surface area contributed by atoms with Crippen LogP contribution in [0.25, 0.3) is 0 Å². The number of likely N-dealkylation sites (tertiary alicyclic amines) is 1. The Labute approximate surface area is 135 Å². The number of nitrogens with zero attached hydrogens (tertiary/aromatic N) is 2. The number of nitrogens with one attached hydrogen (secondary N) is 1. The summed E-state index contributed by atoms with van der Waals surface area (Å²) in [6.07, 6.45) is 6.03. The molecular weight excluding hydrogens is 322 g/mol. The lowest BCUT2D eigenvalue weighted by molar-refractivity contribution is -0.0401. The number of sulfonamides is 1. The van der Waals surface area contributed by atoms with Crippen LogP contribution in [0.3, 0.4) is 0 Å². The van der Waals surface area contributed by atoms with E-state index in [1.165, 1.54) is 18.9 Å². The molecule has 0 aliphatic carbocycles. The molecule has 128 valence electrons. The minimum Gasteiger partial charge on any atom is -0.451 e. The van der Waals surface area contributed by atoms with Gasteiger partial charge in [-0.05, 0) is 24.7 Å². The largest absolute Gasteiger partial charge is 0.451 e. The van der Waals surface area contributed by atoms with Crippen LogP contribution in [0.1, 0.15) is 29.8 Å². The zero-order chi connectivity index (χ0) is 16.5. The highest BCUT2D eigenvalue weighted by Gasteiger charge is 2.45. The van der Waals surface area contributed by atoms with Crippen molar-refractivity contribution in [3.8, 4) is 0 Å². The standard InChI is InChI=1S/C14H21N3O5S/c1-23(19,20)16-12-9-21-7-4-14(12)2-5-17(6-3-14)13(18)11-8-22-10-15-11/h8,10,12,16H,2-7,9H2,1H3/t12-/m1/s1. The number of hydrogen-bond acceptors (Lipinski definition) is 6. The molecule has 9 heteroatoms. The SMILES string of the molecule is CS(=O)(=O)N[C@@H]1COCCC12CCN(C(=O)c1cocn1)CC2. The monoisotopic (exact) mass is 343 g/mol. The molecule has 1 aromatic heterocycles. The predicted molar refractivity (Wildman–Crippen MR) is 81.3 cm³/mol. The minimum atomic E-state index is -3.30. The predicted octanol–water partition coefficient (Wildman–Crippen LogP) is 0.235. The lowest BCUT2D eigenvalue weighted by atomic mass is 9.69. The highest BCUT2D eigenvalue weighted by molar-refractivity contribution is 7.88. The van der Waals surface area contributed by atoms with Gasteiger partial charge < -0.3 is 14.1 Å². The van der Waals surface area contributed by atoms with E-state index < -0.39 is 10.0 Å². The van der Waals surface area contributed by atoms with E-state index in [-0.39, 0.29) is 17.4 Å².